The van der Waals surface area contributed by atoms with Gasteiger partial charge in [-0.3, -0.25) is 4.79 Å². The van der Waals surface area contributed by atoms with E-state index in [0.29, 0.717) is 17.7 Å². The Morgan fingerprint density at radius 2 is 1.90 bits per heavy atom. The van der Waals surface area contributed by atoms with Crippen LogP contribution < -0.4 is 0 Å². The van der Waals surface area contributed by atoms with Crippen molar-refractivity contribution in [1.29, 1.82) is 0 Å². The molecule has 0 unspecified atom stereocenters. The number of aryl methyl sites for hydroxylation is 1. The minimum atomic E-state index is -0.555. The Morgan fingerprint density at radius 1 is 1.20 bits per heavy atom. The number of ketones is 1. The molecule has 104 valence electrons. The fraction of sp³-hybridized carbons (Fsp3) is 0.235. The van der Waals surface area contributed by atoms with Crippen LogP contribution in [0.15, 0.2) is 48.5 Å². The molecule has 0 aliphatic rings. The van der Waals surface area contributed by atoms with Crippen LogP contribution in [0.3, 0.4) is 0 Å². The zero-order valence-corrected chi connectivity index (χ0v) is 11.6. The number of hydrogen-bond donors (Lipinski definition) is 0. The lowest BCUT2D eigenvalue weighted by molar-refractivity contribution is 0.0412. The van der Waals surface area contributed by atoms with Gasteiger partial charge in [0, 0.05) is 5.56 Å². The van der Waals surface area contributed by atoms with Crippen LogP contribution in [0.1, 0.15) is 28.4 Å². The molecule has 0 aliphatic heterocycles. The van der Waals surface area contributed by atoms with Gasteiger partial charge in [0.25, 0.3) is 0 Å². The Kier molecular flexibility index (Phi) is 4.64. The third-order valence-corrected chi connectivity index (χ3v) is 3.15. The summed E-state index contributed by atoms with van der Waals surface area (Å²) < 4.78 is 18.8. The van der Waals surface area contributed by atoms with Gasteiger partial charge in [-0.05, 0) is 43.2 Å². The molecule has 0 saturated heterocycles. The molecule has 20 heavy (non-hydrogen) atoms. The molecule has 2 aromatic rings. The molecule has 0 N–H and O–H groups in total. The van der Waals surface area contributed by atoms with Crippen LogP contribution in [-0.2, 0) is 11.3 Å². The number of rotatable bonds is 5. The highest BCUT2D eigenvalue weighted by molar-refractivity contribution is 5.99. The van der Waals surface area contributed by atoms with Crippen molar-refractivity contribution in [3.8, 4) is 0 Å². The van der Waals surface area contributed by atoms with Crippen LogP contribution >= 0.6 is 0 Å². The summed E-state index contributed by atoms with van der Waals surface area (Å²) in [4.78, 5) is 12.2. The molecule has 1 atom stereocenters. The Morgan fingerprint density at radius 3 is 2.55 bits per heavy atom. The maximum Gasteiger partial charge on any atom is 0.191 e. The van der Waals surface area contributed by atoms with E-state index in [9.17, 15) is 9.18 Å². The second kappa shape index (κ2) is 6.44. The molecule has 2 nitrogen and oxygen atoms in total. The standard InChI is InChI=1S/C17H17FO2/c1-12-10-15(8-9-16(12)18)17(19)13(2)20-11-14-6-4-3-5-7-14/h3-10,13H,11H2,1-2H3/t13-/m0/s1. The van der Waals surface area contributed by atoms with Crippen molar-refractivity contribution in [1.82, 2.24) is 0 Å². The van der Waals surface area contributed by atoms with Gasteiger partial charge in [0.15, 0.2) is 5.78 Å². The summed E-state index contributed by atoms with van der Waals surface area (Å²) in [6, 6.07) is 14.0. The van der Waals surface area contributed by atoms with Crippen molar-refractivity contribution in [3.63, 3.8) is 0 Å². The molecule has 2 rings (SSSR count). The van der Waals surface area contributed by atoms with Gasteiger partial charge in [0.05, 0.1) is 6.61 Å². The zero-order chi connectivity index (χ0) is 14.5. The number of Topliss-reactive ketones (excluding diaryl/α,β-unsaturated/α-hetero) is 1. The Labute approximate surface area is 118 Å². The highest BCUT2D eigenvalue weighted by Gasteiger charge is 2.16. The number of carbonyl (C=O) groups is 1. The Bertz CT molecular complexity index is 593. The fourth-order valence-corrected chi connectivity index (χ4v) is 1.90. The van der Waals surface area contributed by atoms with E-state index in [-0.39, 0.29) is 11.6 Å². The fourth-order valence-electron chi connectivity index (χ4n) is 1.90. The first-order chi connectivity index (χ1) is 9.58. The predicted octanol–water partition coefficient (Wildman–Crippen LogP) is 3.92. The van der Waals surface area contributed by atoms with E-state index in [2.05, 4.69) is 0 Å². The van der Waals surface area contributed by atoms with Gasteiger partial charge in [-0.15, -0.1) is 0 Å². The SMILES string of the molecule is Cc1cc(C(=O)[C@H](C)OCc2ccccc2)ccc1F. The van der Waals surface area contributed by atoms with Crippen LogP contribution in [0.5, 0.6) is 0 Å². The molecule has 0 amide bonds. The average molecular weight is 272 g/mol. The lowest BCUT2D eigenvalue weighted by atomic mass is 10.0. The molecule has 2 aromatic carbocycles. The van der Waals surface area contributed by atoms with Gasteiger partial charge < -0.3 is 4.74 Å². The molecule has 0 radical (unpaired) electrons. The first-order valence-corrected chi connectivity index (χ1v) is 6.54. The summed E-state index contributed by atoms with van der Waals surface area (Å²) in [5, 5.41) is 0. The van der Waals surface area contributed by atoms with E-state index in [0.717, 1.165) is 5.56 Å². The second-order valence-corrected chi connectivity index (χ2v) is 4.77. The molecular weight excluding hydrogens is 255 g/mol. The maximum absolute atomic E-state index is 13.2. The molecule has 0 aromatic heterocycles. The lowest BCUT2D eigenvalue weighted by Gasteiger charge is -2.12. The zero-order valence-electron chi connectivity index (χ0n) is 11.6. The van der Waals surface area contributed by atoms with E-state index in [1.54, 1.807) is 19.9 Å². The van der Waals surface area contributed by atoms with Gasteiger partial charge in [-0.1, -0.05) is 30.3 Å². The van der Waals surface area contributed by atoms with Crippen molar-refractivity contribution in [3.05, 3.63) is 71.0 Å². The van der Waals surface area contributed by atoms with Crippen LogP contribution in [-0.4, -0.2) is 11.9 Å². The van der Waals surface area contributed by atoms with Crippen LogP contribution in [0.25, 0.3) is 0 Å². The number of halogens is 1. The van der Waals surface area contributed by atoms with Gasteiger partial charge in [-0.2, -0.15) is 0 Å². The van der Waals surface area contributed by atoms with Crippen molar-refractivity contribution in [2.24, 2.45) is 0 Å². The second-order valence-electron chi connectivity index (χ2n) is 4.77. The van der Waals surface area contributed by atoms with E-state index in [4.69, 9.17) is 4.74 Å². The van der Waals surface area contributed by atoms with Gasteiger partial charge in [0.1, 0.15) is 11.9 Å². The highest BCUT2D eigenvalue weighted by atomic mass is 19.1. The minimum absolute atomic E-state index is 0.135. The third kappa shape index (κ3) is 3.52. The minimum Gasteiger partial charge on any atom is -0.366 e. The first-order valence-electron chi connectivity index (χ1n) is 6.54. The van der Waals surface area contributed by atoms with Crippen molar-refractivity contribution in [2.75, 3.05) is 0 Å². The lowest BCUT2D eigenvalue weighted by Crippen LogP contribution is -2.21. The van der Waals surface area contributed by atoms with E-state index < -0.39 is 6.10 Å². The smallest absolute Gasteiger partial charge is 0.191 e. The van der Waals surface area contributed by atoms with Gasteiger partial charge >= 0.3 is 0 Å². The normalized spacial score (nSPS) is 12.2. The summed E-state index contributed by atoms with van der Waals surface area (Å²) in [6.07, 6.45) is -0.555. The summed E-state index contributed by atoms with van der Waals surface area (Å²) in [5.74, 6) is -0.441. The quantitative estimate of drug-likeness (QED) is 0.771. The molecule has 0 bridgehead atoms. The summed E-state index contributed by atoms with van der Waals surface area (Å²) >= 11 is 0. The van der Waals surface area contributed by atoms with Crippen LogP contribution in [0.4, 0.5) is 4.39 Å². The number of benzene rings is 2. The third-order valence-electron chi connectivity index (χ3n) is 3.15. The average Bonchev–Trinajstić information content (AvgIpc) is 2.48. The molecule has 0 saturated carbocycles. The Balaban J connectivity index is 1.99. The molecule has 0 aliphatic carbocycles. The van der Waals surface area contributed by atoms with Crippen LogP contribution in [0, 0.1) is 12.7 Å². The summed E-state index contributed by atoms with van der Waals surface area (Å²) in [7, 11) is 0. The summed E-state index contributed by atoms with van der Waals surface area (Å²) in [5.41, 5.74) is 1.96. The molecule has 3 heteroatoms. The van der Waals surface area contributed by atoms with Gasteiger partial charge in [-0.25, -0.2) is 4.39 Å². The maximum atomic E-state index is 13.2. The van der Waals surface area contributed by atoms with E-state index in [1.807, 2.05) is 30.3 Å². The molecular formula is C17H17FO2. The number of carbonyl (C=O) groups excluding carboxylic acids is 1. The number of hydrogen-bond acceptors (Lipinski definition) is 2. The Hall–Kier alpha value is -2.00. The first kappa shape index (κ1) is 14.4. The largest absolute Gasteiger partial charge is 0.366 e. The van der Waals surface area contributed by atoms with Crippen molar-refractivity contribution < 1.29 is 13.9 Å². The van der Waals surface area contributed by atoms with E-state index in [1.165, 1.54) is 12.1 Å². The monoisotopic (exact) mass is 272 g/mol. The van der Waals surface area contributed by atoms with Crippen LogP contribution in [0.2, 0.25) is 0 Å². The topological polar surface area (TPSA) is 26.3 Å². The predicted molar refractivity (Wildman–Crippen MR) is 76.2 cm³/mol. The van der Waals surface area contributed by atoms with Gasteiger partial charge in [0.2, 0.25) is 0 Å². The molecule has 0 spiro atoms. The number of ether oxygens (including phenoxy) is 1. The van der Waals surface area contributed by atoms with E-state index >= 15 is 0 Å². The highest BCUT2D eigenvalue weighted by Crippen LogP contribution is 2.13. The molecule has 0 heterocycles. The molecule has 0 fully saturated rings. The summed E-state index contributed by atoms with van der Waals surface area (Å²) in [6.45, 7) is 3.74. The van der Waals surface area contributed by atoms with Crippen molar-refractivity contribution in [2.45, 2.75) is 26.6 Å². The van der Waals surface area contributed by atoms with Crippen molar-refractivity contribution >= 4 is 5.78 Å².